The Morgan fingerprint density at radius 2 is 0.926 bits per heavy atom. The molecule has 4 amide bonds. The van der Waals surface area contributed by atoms with E-state index >= 15 is 0 Å². The Bertz CT molecular complexity index is 2170. The summed E-state index contributed by atoms with van der Waals surface area (Å²) in [4.78, 5) is 63.0. The van der Waals surface area contributed by atoms with Crippen LogP contribution in [0.4, 0.5) is 0 Å². The summed E-state index contributed by atoms with van der Waals surface area (Å²) in [5, 5.41) is 39.7. The first kappa shape index (κ1) is 41.3. The largest absolute Gasteiger partial charge is 0.508 e. The fraction of sp³-hybridized carbons (Fsp3) is 0.250. The van der Waals surface area contributed by atoms with Gasteiger partial charge in [0.15, 0.2) is 0 Å². The quantitative estimate of drug-likeness (QED) is 0.155. The van der Waals surface area contributed by atoms with Crippen LogP contribution < -0.4 is 0 Å². The number of likely N-dealkylation sites (N-methyl/N-ethyl adjacent to an activating group) is 2. The average Bonchev–Trinajstić information content (AvgIpc) is 3.11. The molecular formula is C40H38Cl2N4O8. The van der Waals surface area contributed by atoms with Gasteiger partial charge in [-0.25, -0.2) is 0 Å². The van der Waals surface area contributed by atoms with E-state index in [0.29, 0.717) is 24.2 Å². The molecule has 0 aliphatic carbocycles. The fourth-order valence-electron chi connectivity index (χ4n) is 6.22. The number of halogens is 2. The van der Waals surface area contributed by atoms with Crippen molar-refractivity contribution in [2.45, 2.75) is 13.2 Å². The van der Waals surface area contributed by atoms with Gasteiger partial charge in [0.25, 0.3) is 23.6 Å². The molecule has 0 aromatic heterocycles. The smallest absolute Gasteiger partial charge is 0.262 e. The van der Waals surface area contributed by atoms with Crippen LogP contribution in [-0.2, 0) is 13.2 Å². The van der Waals surface area contributed by atoms with Crippen LogP contribution in [0.25, 0.3) is 10.8 Å². The molecule has 280 valence electrons. The van der Waals surface area contributed by atoms with Crippen LogP contribution in [0.5, 0.6) is 11.5 Å². The highest BCUT2D eigenvalue weighted by Crippen LogP contribution is 2.41. The Morgan fingerprint density at radius 1 is 0.556 bits per heavy atom. The highest BCUT2D eigenvalue weighted by atomic mass is 35.5. The Kier molecular flexibility index (Phi) is 12.8. The standard InChI is InChI=1S/C40H36N4O8.2ClH/c1-41(2)13-15-43-37(49)29-19-26(10-6-24-8-12-32(48)28(18-24)22-46)34-36-30(38(50)44(40(34)52)16-14-42(3)4)20-25(33(35(29)36)39(43)51)9-5-23-7-11-31(47)27(17-23)21-45;;/h7-8,11-12,17-20,45-48H,13-16,21-22H2,1-4H3;2*1H. The van der Waals surface area contributed by atoms with Crippen molar-refractivity contribution in [2.24, 2.45) is 0 Å². The lowest BCUT2D eigenvalue weighted by molar-refractivity contribution is 0.0579. The molecule has 0 saturated heterocycles. The monoisotopic (exact) mass is 772 g/mol. The van der Waals surface area contributed by atoms with Gasteiger partial charge in [0.2, 0.25) is 0 Å². The topological polar surface area (TPSA) is 162 Å². The number of phenols is 2. The molecule has 4 aromatic carbocycles. The van der Waals surface area contributed by atoms with Crippen LogP contribution in [0.2, 0.25) is 0 Å². The lowest BCUT2D eigenvalue weighted by Crippen LogP contribution is -2.46. The third-order valence-corrected chi connectivity index (χ3v) is 9.00. The summed E-state index contributed by atoms with van der Waals surface area (Å²) in [6.45, 7) is -0.0204. The van der Waals surface area contributed by atoms with Crippen LogP contribution in [0.1, 0.15) is 74.8 Å². The number of amides is 4. The second-order valence-corrected chi connectivity index (χ2v) is 13.1. The van der Waals surface area contributed by atoms with Crippen molar-refractivity contribution in [2.75, 3.05) is 54.4 Å². The van der Waals surface area contributed by atoms with E-state index in [4.69, 9.17) is 0 Å². The van der Waals surface area contributed by atoms with Gasteiger partial charge in [-0.1, -0.05) is 23.7 Å². The second-order valence-electron chi connectivity index (χ2n) is 13.1. The number of aliphatic hydroxyl groups excluding tert-OH is 2. The van der Waals surface area contributed by atoms with Crippen molar-refractivity contribution in [1.82, 2.24) is 19.6 Å². The number of hydrogen-bond acceptors (Lipinski definition) is 10. The first-order valence-electron chi connectivity index (χ1n) is 16.4. The molecule has 6 rings (SSSR count). The lowest BCUT2D eigenvalue weighted by atomic mass is 9.81. The van der Waals surface area contributed by atoms with Crippen LogP contribution in [-0.4, -0.2) is 118 Å². The van der Waals surface area contributed by atoms with E-state index in [1.54, 1.807) is 12.1 Å². The number of aromatic hydroxyl groups is 2. The number of hydrogen-bond donors (Lipinski definition) is 4. The van der Waals surface area contributed by atoms with Gasteiger partial charge in [-0.15, -0.1) is 24.8 Å². The van der Waals surface area contributed by atoms with E-state index in [1.165, 1.54) is 36.4 Å². The van der Waals surface area contributed by atoms with Crippen molar-refractivity contribution < 1.29 is 39.6 Å². The SMILES string of the molecule is CN(C)CCN1C(=O)c2cc(C#Cc3ccc(O)c(CO)c3)c3c4c(cc(C#Cc5ccc(O)c(CO)c5)c(c24)C1=O)C(=O)N(CCN(C)C)C3=O.Cl.Cl. The molecule has 0 spiro atoms. The van der Waals surface area contributed by atoms with E-state index in [9.17, 15) is 39.6 Å². The minimum absolute atomic E-state index is 0. The van der Waals surface area contributed by atoms with E-state index in [-0.39, 0.29) is 105 Å². The zero-order valence-electron chi connectivity index (χ0n) is 29.9. The minimum Gasteiger partial charge on any atom is -0.508 e. The number of nitrogens with zero attached hydrogens (tertiary/aromatic N) is 4. The minimum atomic E-state index is -0.628. The van der Waals surface area contributed by atoms with Crippen molar-refractivity contribution in [3.05, 3.63) is 104 Å². The number of imide groups is 2. The zero-order chi connectivity index (χ0) is 37.4. The molecule has 12 nitrogen and oxygen atoms in total. The van der Waals surface area contributed by atoms with Crippen LogP contribution >= 0.6 is 24.8 Å². The second kappa shape index (κ2) is 16.7. The normalized spacial score (nSPS) is 13.0. The van der Waals surface area contributed by atoms with Crippen molar-refractivity contribution in [3.63, 3.8) is 0 Å². The Labute approximate surface area is 324 Å². The summed E-state index contributed by atoms with van der Waals surface area (Å²) in [7, 11) is 7.25. The third-order valence-electron chi connectivity index (χ3n) is 9.00. The maximum atomic E-state index is 14.3. The molecule has 54 heavy (non-hydrogen) atoms. The number of rotatable bonds is 8. The summed E-state index contributed by atoms with van der Waals surface area (Å²) < 4.78 is 0. The Balaban J connectivity index is 0.00000325. The molecule has 0 bridgehead atoms. The third kappa shape index (κ3) is 7.63. The Hall–Kier alpha value is -5.44. The maximum absolute atomic E-state index is 14.3. The van der Waals surface area contributed by atoms with Gasteiger partial charge < -0.3 is 30.2 Å². The van der Waals surface area contributed by atoms with E-state index in [1.807, 2.05) is 38.0 Å². The average molecular weight is 774 g/mol. The van der Waals surface area contributed by atoms with Gasteiger partial charge in [-0.3, -0.25) is 29.0 Å². The van der Waals surface area contributed by atoms with E-state index in [2.05, 4.69) is 23.7 Å². The van der Waals surface area contributed by atoms with Crippen molar-refractivity contribution in [1.29, 1.82) is 0 Å². The predicted molar refractivity (Wildman–Crippen MR) is 206 cm³/mol. The van der Waals surface area contributed by atoms with Gasteiger partial charge >= 0.3 is 0 Å². The molecule has 0 fully saturated rings. The molecule has 4 aromatic rings. The number of carbonyl (C=O) groups is 4. The summed E-state index contributed by atoms with van der Waals surface area (Å²) in [5.74, 6) is 9.28. The summed E-state index contributed by atoms with van der Waals surface area (Å²) in [6.07, 6.45) is 0. The number of benzene rings is 4. The molecule has 0 saturated carbocycles. The zero-order valence-corrected chi connectivity index (χ0v) is 31.5. The predicted octanol–water partition coefficient (Wildman–Crippen LogP) is 3.19. The molecule has 2 heterocycles. The molecule has 2 aliphatic heterocycles. The van der Waals surface area contributed by atoms with Crippen molar-refractivity contribution in [3.8, 4) is 35.2 Å². The van der Waals surface area contributed by atoms with Gasteiger partial charge in [0.05, 0.1) is 24.3 Å². The maximum Gasteiger partial charge on any atom is 0.262 e. The van der Waals surface area contributed by atoms with Gasteiger partial charge in [-0.05, 0) is 76.7 Å². The molecule has 2 aliphatic rings. The first-order valence-corrected chi connectivity index (χ1v) is 16.4. The highest BCUT2D eigenvalue weighted by Gasteiger charge is 2.42. The molecule has 14 heteroatoms. The molecule has 0 atom stereocenters. The molecular weight excluding hydrogens is 735 g/mol. The van der Waals surface area contributed by atoms with E-state index in [0.717, 1.165) is 9.80 Å². The summed E-state index contributed by atoms with van der Waals surface area (Å²) in [6, 6.07) is 11.8. The summed E-state index contributed by atoms with van der Waals surface area (Å²) >= 11 is 0. The fourth-order valence-corrected chi connectivity index (χ4v) is 6.22. The van der Waals surface area contributed by atoms with Crippen molar-refractivity contribution >= 4 is 59.2 Å². The first-order chi connectivity index (χ1) is 24.8. The molecule has 0 unspecified atom stereocenters. The number of carbonyl (C=O) groups excluding carboxylic acids is 4. The van der Waals surface area contributed by atoms with Gasteiger partial charge in [-0.2, -0.15) is 0 Å². The Morgan fingerprint density at radius 3 is 1.26 bits per heavy atom. The van der Waals surface area contributed by atoms with Crippen LogP contribution in [0.15, 0.2) is 48.5 Å². The van der Waals surface area contributed by atoms with E-state index < -0.39 is 36.8 Å². The summed E-state index contributed by atoms with van der Waals surface area (Å²) in [5.41, 5.74) is 1.97. The number of aliphatic hydroxyl groups is 2. The van der Waals surface area contributed by atoms with Gasteiger partial charge in [0, 0.05) is 81.5 Å². The lowest BCUT2D eigenvalue weighted by Gasteiger charge is -2.33. The van der Waals surface area contributed by atoms with Crippen LogP contribution in [0, 0.1) is 23.7 Å². The van der Waals surface area contributed by atoms with Gasteiger partial charge in [0.1, 0.15) is 11.5 Å². The molecule has 0 radical (unpaired) electrons. The van der Waals surface area contributed by atoms with Crippen LogP contribution in [0.3, 0.4) is 0 Å². The highest BCUT2D eigenvalue weighted by molar-refractivity contribution is 6.34. The molecule has 4 N–H and O–H groups in total.